The fourth-order valence-electron chi connectivity index (χ4n) is 2.59. The lowest BCUT2D eigenvalue weighted by Crippen LogP contribution is -2.05. The average Bonchev–Trinajstić information content (AvgIpc) is 3.85. The van der Waals surface area contributed by atoms with Crippen molar-refractivity contribution in [2.45, 2.75) is 118 Å². The molecule has 0 fully saturated rings. The van der Waals surface area contributed by atoms with Crippen molar-refractivity contribution >= 4 is 11.3 Å². The highest BCUT2D eigenvalue weighted by Gasteiger charge is 1.89. The molecule has 0 aliphatic carbocycles. The van der Waals surface area contributed by atoms with Crippen LogP contribution in [0.1, 0.15) is 111 Å². The summed E-state index contributed by atoms with van der Waals surface area (Å²) in [4.78, 5) is 34.4. The summed E-state index contributed by atoms with van der Waals surface area (Å²) in [6.45, 7) is 33.3. The van der Waals surface area contributed by atoms with E-state index in [1.54, 1.807) is 44.4 Å². The molecule has 0 bridgehead atoms. The average molecular weight is 831 g/mol. The predicted molar refractivity (Wildman–Crippen MR) is 244 cm³/mol. The first-order valence-corrected chi connectivity index (χ1v) is 20.2. The van der Waals surface area contributed by atoms with Crippen molar-refractivity contribution in [1.82, 2.24) is 39.9 Å². The van der Waals surface area contributed by atoms with Gasteiger partial charge in [0.05, 0.1) is 41.7 Å². The van der Waals surface area contributed by atoms with E-state index in [2.05, 4.69) is 35.2 Å². The molecule has 6 aromatic rings. The summed E-state index contributed by atoms with van der Waals surface area (Å²) in [5.41, 5.74) is 2.86. The van der Waals surface area contributed by atoms with Crippen LogP contribution in [0, 0.1) is 34.6 Å². The van der Waals surface area contributed by atoms with Crippen LogP contribution in [0.4, 0.5) is 0 Å². The Hall–Kier alpha value is -5.83. The molecule has 6 rings (SSSR count). The summed E-state index contributed by atoms with van der Waals surface area (Å²) in [6, 6.07) is 13.5. The third-order valence-corrected chi connectivity index (χ3v) is 5.58. The molecule has 0 amide bonds. The first-order chi connectivity index (χ1) is 27.7. The van der Waals surface area contributed by atoms with Gasteiger partial charge in [-0.15, -0.1) is 0 Å². The van der Waals surface area contributed by atoms with E-state index in [4.69, 9.17) is 20.4 Å². The SMILES string of the molecule is CC.CC.CC.CC.CC.CC.Cc1ccc(=O)[nH]c1.Cc1ccc(=O)[nH]n1.Cc1ccc(O)cc1.Cc1ncc(O)cn1.Cc1ncc(O)s1.Cn1cc(O)cn1. The Bertz CT molecular complexity index is 1560. The van der Waals surface area contributed by atoms with Gasteiger partial charge in [0.1, 0.15) is 11.6 Å². The van der Waals surface area contributed by atoms with Gasteiger partial charge in [0.15, 0.2) is 16.6 Å². The number of aromatic amines is 2. The van der Waals surface area contributed by atoms with Crippen LogP contribution in [-0.4, -0.2) is 60.3 Å². The zero-order chi connectivity index (χ0) is 46.5. The van der Waals surface area contributed by atoms with Gasteiger partial charge in [-0.2, -0.15) is 10.2 Å². The van der Waals surface area contributed by atoms with Gasteiger partial charge in [-0.05, 0) is 58.4 Å². The van der Waals surface area contributed by atoms with E-state index in [0.29, 0.717) is 11.6 Å². The molecule has 0 atom stereocenters. The van der Waals surface area contributed by atoms with Gasteiger partial charge in [0.2, 0.25) is 5.56 Å². The topological polar surface area (TPSA) is 216 Å². The lowest BCUT2D eigenvalue weighted by molar-refractivity contribution is 0.468. The van der Waals surface area contributed by atoms with Crippen LogP contribution in [0.25, 0.3) is 0 Å². The number of pyridine rings is 1. The second-order valence-corrected chi connectivity index (χ2v) is 10.4. The molecule has 5 aromatic heterocycles. The maximum atomic E-state index is 10.4. The maximum absolute atomic E-state index is 10.4. The minimum absolute atomic E-state index is 0.0457. The molecular weight excluding hydrogens is 757 g/mol. The van der Waals surface area contributed by atoms with E-state index in [9.17, 15) is 9.59 Å². The fourth-order valence-corrected chi connectivity index (χ4v) is 3.10. The van der Waals surface area contributed by atoms with E-state index < -0.39 is 0 Å². The number of rotatable bonds is 0. The minimum Gasteiger partial charge on any atom is -0.508 e. The van der Waals surface area contributed by atoms with E-state index in [1.165, 1.54) is 64.7 Å². The number of hydrogen-bond acceptors (Lipinski definition) is 12. The van der Waals surface area contributed by atoms with Crippen LogP contribution in [0.5, 0.6) is 22.3 Å². The Morgan fingerprint density at radius 2 is 1.03 bits per heavy atom. The van der Waals surface area contributed by atoms with Gasteiger partial charge in [0, 0.05) is 25.4 Å². The number of aryl methyl sites for hydroxylation is 6. The lowest BCUT2D eigenvalue weighted by atomic mass is 10.2. The fraction of sp³-hybridized carbons (Fsp3) is 0.419. The summed E-state index contributed by atoms with van der Waals surface area (Å²) in [7, 11) is 1.75. The Balaban J connectivity index is -0.000000133. The summed E-state index contributed by atoms with van der Waals surface area (Å²) in [5.74, 6) is 1.32. The zero-order valence-electron chi connectivity index (χ0n) is 38.3. The molecule has 0 radical (unpaired) electrons. The number of thiazole rings is 1. The van der Waals surface area contributed by atoms with Crippen molar-refractivity contribution in [3.05, 3.63) is 134 Å². The van der Waals surface area contributed by atoms with Gasteiger partial charge < -0.3 is 25.4 Å². The largest absolute Gasteiger partial charge is 0.508 e. The molecule has 0 saturated heterocycles. The molecule has 0 aliphatic heterocycles. The van der Waals surface area contributed by atoms with Crippen LogP contribution in [0.15, 0.2) is 95.3 Å². The van der Waals surface area contributed by atoms with Crippen molar-refractivity contribution in [2.24, 2.45) is 7.05 Å². The number of aromatic hydroxyl groups is 4. The second kappa shape index (κ2) is 47.3. The molecule has 1 aromatic carbocycles. The highest BCUT2D eigenvalue weighted by Crippen LogP contribution is 2.17. The van der Waals surface area contributed by atoms with E-state index >= 15 is 0 Å². The summed E-state index contributed by atoms with van der Waals surface area (Å²) < 4.78 is 1.54. The molecular formula is C43H74N8O6S. The van der Waals surface area contributed by atoms with Crippen LogP contribution in [0.2, 0.25) is 0 Å². The van der Waals surface area contributed by atoms with Gasteiger partial charge >= 0.3 is 0 Å². The summed E-state index contributed by atoms with van der Waals surface area (Å²) in [5, 5.41) is 45.4. The van der Waals surface area contributed by atoms with Gasteiger partial charge in [-0.3, -0.25) is 14.3 Å². The number of hydrogen-bond donors (Lipinski definition) is 6. The van der Waals surface area contributed by atoms with E-state index in [1.807, 2.05) is 123 Å². The molecule has 0 aliphatic rings. The number of aromatic nitrogens is 8. The van der Waals surface area contributed by atoms with Crippen molar-refractivity contribution < 1.29 is 20.4 Å². The lowest BCUT2D eigenvalue weighted by Gasteiger charge is -1.89. The Morgan fingerprint density at radius 3 is 1.28 bits per heavy atom. The van der Waals surface area contributed by atoms with Crippen LogP contribution < -0.4 is 11.1 Å². The molecule has 6 N–H and O–H groups in total. The van der Waals surface area contributed by atoms with Crippen molar-refractivity contribution in [3.8, 4) is 22.3 Å². The normalized spacial score (nSPS) is 7.90. The monoisotopic (exact) mass is 831 g/mol. The predicted octanol–water partition coefficient (Wildman–Crippen LogP) is 10.4. The number of benzene rings is 1. The molecule has 5 heterocycles. The van der Waals surface area contributed by atoms with Crippen molar-refractivity contribution in [1.29, 1.82) is 0 Å². The standard InChI is InChI=1S/C7H8O.C6H7NO.2C5H6N2O.C4H6N2O.C4H5NOS.6C2H6/c1-6-2-4-7(8)5-3-6;1-5-2-3-6(8)7-4-5;1-4-6-2-5(8)3-7-4;1-4-2-3-5(8)7-6-4;1-6-3-4(7)2-5-6;1-3-5-2-4(6)7-3;6*1-2/h2-5,8H,1H3;2-4H,1H3,(H,7,8);2-3,8H,1H3;2-3H,1H3,(H,7,8);2-3,7H,1H3;2,6H,1H3;6*1-2H3. The Morgan fingerprint density at radius 1 is 0.552 bits per heavy atom. The Kier molecular flexibility index (Phi) is 52.3. The molecule has 0 spiro atoms. The van der Waals surface area contributed by atoms with Gasteiger partial charge in [-0.25, -0.2) is 20.1 Å². The van der Waals surface area contributed by atoms with Crippen LogP contribution in [-0.2, 0) is 7.05 Å². The second-order valence-electron chi connectivity index (χ2n) is 9.21. The number of H-pyrrole nitrogens is 2. The van der Waals surface area contributed by atoms with Gasteiger partial charge in [0.25, 0.3) is 5.56 Å². The minimum atomic E-state index is -0.157. The van der Waals surface area contributed by atoms with Crippen molar-refractivity contribution in [2.75, 3.05) is 0 Å². The molecule has 0 saturated carbocycles. The molecule has 58 heavy (non-hydrogen) atoms. The molecule has 14 nitrogen and oxygen atoms in total. The molecule has 0 unspecified atom stereocenters. The highest BCUT2D eigenvalue weighted by molar-refractivity contribution is 7.13. The number of nitrogens with one attached hydrogen (secondary N) is 2. The molecule has 328 valence electrons. The number of phenolic OH excluding ortho intramolecular Hbond substituents is 1. The molecule has 15 heteroatoms. The number of phenols is 1. The van der Waals surface area contributed by atoms with Crippen LogP contribution >= 0.6 is 11.3 Å². The number of nitrogens with zero attached hydrogens (tertiary/aromatic N) is 6. The van der Waals surface area contributed by atoms with Crippen LogP contribution in [0.3, 0.4) is 0 Å². The zero-order valence-corrected chi connectivity index (χ0v) is 39.1. The maximum Gasteiger partial charge on any atom is 0.264 e. The smallest absolute Gasteiger partial charge is 0.264 e. The van der Waals surface area contributed by atoms with E-state index in [0.717, 1.165) is 16.3 Å². The first kappa shape index (κ1) is 64.1. The van der Waals surface area contributed by atoms with E-state index in [-0.39, 0.29) is 27.7 Å². The van der Waals surface area contributed by atoms with Crippen molar-refractivity contribution in [3.63, 3.8) is 0 Å². The third kappa shape index (κ3) is 44.6. The summed E-state index contributed by atoms with van der Waals surface area (Å²) >= 11 is 1.29. The highest BCUT2D eigenvalue weighted by atomic mass is 32.1. The Labute approximate surface area is 351 Å². The first-order valence-electron chi connectivity index (χ1n) is 19.4. The third-order valence-electron chi connectivity index (χ3n) is 4.86. The summed E-state index contributed by atoms with van der Waals surface area (Å²) in [6.07, 6.45) is 8.77. The van der Waals surface area contributed by atoms with Gasteiger partial charge in [-0.1, -0.05) is 118 Å². The quantitative estimate of drug-likeness (QED) is 0.0846.